The smallest absolute Gasteiger partial charge is 0.249 e. The van der Waals surface area contributed by atoms with Crippen LogP contribution in [-0.2, 0) is 24.3 Å². The summed E-state index contributed by atoms with van der Waals surface area (Å²) in [4.78, 5) is 22.5. The molecular formula is C23H20N4O2S. The lowest BCUT2D eigenvalue weighted by atomic mass is 10.1. The van der Waals surface area contributed by atoms with Crippen molar-refractivity contribution in [1.82, 2.24) is 9.97 Å². The van der Waals surface area contributed by atoms with Crippen LogP contribution in [0.15, 0.2) is 53.9 Å². The zero-order valence-corrected chi connectivity index (χ0v) is 17.0. The van der Waals surface area contributed by atoms with Crippen LogP contribution < -0.4 is 11.1 Å². The van der Waals surface area contributed by atoms with E-state index in [4.69, 9.17) is 20.4 Å². The first-order chi connectivity index (χ1) is 14.7. The molecule has 30 heavy (non-hydrogen) atoms. The van der Waals surface area contributed by atoms with Gasteiger partial charge in [-0.3, -0.25) is 4.79 Å². The monoisotopic (exact) mass is 416 g/mol. The predicted octanol–water partition coefficient (Wildman–Crippen LogP) is 4.14. The van der Waals surface area contributed by atoms with Crippen molar-refractivity contribution in [2.75, 3.05) is 11.9 Å². The minimum absolute atomic E-state index is 0.432. The number of carbonyl (C=O) groups excluding carboxylic acids is 1. The number of benzene rings is 2. The number of rotatable bonds is 5. The maximum Gasteiger partial charge on any atom is 0.249 e. The lowest BCUT2D eigenvalue weighted by Gasteiger charge is -2.20. The number of ether oxygens (including phenoxy) is 1. The van der Waals surface area contributed by atoms with Gasteiger partial charge in [0, 0.05) is 40.2 Å². The fourth-order valence-electron chi connectivity index (χ4n) is 3.72. The van der Waals surface area contributed by atoms with E-state index in [-0.39, 0.29) is 0 Å². The first-order valence-corrected chi connectivity index (χ1v) is 10.6. The number of amides is 1. The molecule has 0 atom stereocenters. The molecular weight excluding hydrogens is 396 g/mol. The second-order valence-corrected chi connectivity index (χ2v) is 8.04. The van der Waals surface area contributed by atoms with Gasteiger partial charge >= 0.3 is 0 Å². The fraction of sp³-hybridized carbons (Fsp3) is 0.174. The zero-order chi connectivity index (χ0) is 20.5. The van der Waals surface area contributed by atoms with Crippen molar-refractivity contribution in [1.29, 1.82) is 0 Å². The Morgan fingerprint density at radius 2 is 1.97 bits per heavy atom. The summed E-state index contributed by atoms with van der Waals surface area (Å²) in [6, 6.07) is 15.8. The highest BCUT2D eigenvalue weighted by molar-refractivity contribution is 7.15. The van der Waals surface area contributed by atoms with E-state index in [1.807, 2.05) is 35.7 Å². The van der Waals surface area contributed by atoms with E-state index in [9.17, 15) is 4.79 Å². The maximum absolute atomic E-state index is 11.8. The van der Waals surface area contributed by atoms with Gasteiger partial charge in [-0.2, -0.15) is 0 Å². The first-order valence-electron chi connectivity index (χ1n) is 9.76. The van der Waals surface area contributed by atoms with Crippen LogP contribution >= 0.6 is 11.3 Å². The van der Waals surface area contributed by atoms with Crippen LogP contribution in [0.1, 0.15) is 27.2 Å². The average molecular weight is 417 g/mol. The second kappa shape index (κ2) is 7.85. The van der Waals surface area contributed by atoms with E-state index in [0.29, 0.717) is 31.1 Å². The van der Waals surface area contributed by atoms with Crippen LogP contribution in [0.3, 0.4) is 0 Å². The third-order valence-electron chi connectivity index (χ3n) is 5.24. The minimum Gasteiger partial charge on any atom is -0.376 e. The average Bonchev–Trinajstić information content (AvgIpc) is 3.22. The molecule has 1 aliphatic heterocycles. The van der Waals surface area contributed by atoms with Gasteiger partial charge in [0.2, 0.25) is 5.91 Å². The van der Waals surface area contributed by atoms with Crippen LogP contribution in [0.25, 0.3) is 21.5 Å². The number of primary amides is 1. The topological polar surface area (TPSA) is 90.1 Å². The Balaban J connectivity index is 1.58. The highest BCUT2D eigenvalue weighted by Gasteiger charge is 2.21. The van der Waals surface area contributed by atoms with E-state index in [1.165, 1.54) is 16.9 Å². The van der Waals surface area contributed by atoms with Crippen molar-refractivity contribution in [3.8, 4) is 10.7 Å². The summed E-state index contributed by atoms with van der Waals surface area (Å²) in [5.74, 6) is 1.03. The normalized spacial score (nSPS) is 13.2. The van der Waals surface area contributed by atoms with Crippen LogP contribution in [-0.4, -0.2) is 22.5 Å². The lowest BCUT2D eigenvalue weighted by Crippen LogP contribution is -2.17. The lowest BCUT2D eigenvalue weighted by molar-refractivity contribution is 0.100. The van der Waals surface area contributed by atoms with Gasteiger partial charge in [-0.15, -0.1) is 11.3 Å². The number of nitrogens with one attached hydrogen (secondary N) is 1. The number of fused-ring (bicyclic) bond motifs is 2. The number of thiophene rings is 1. The molecule has 2 aromatic heterocycles. The molecule has 1 aliphatic rings. The van der Waals surface area contributed by atoms with Crippen molar-refractivity contribution >= 4 is 33.8 Å². The van der Waals surface area contributed by atoms with Gasteiger partial charge in [-0.25, -0.2) is 9.97 Å². The Morgan fingerprint density at radius 1 is 1.10 bits per heavy atom. The summed E-state index contributed by atoms with van der Waals surface area (Å²) in [6.45, 7) is 1.82. The third kappa shape index (κ3) is 3.42. The Labute approximate surface area is 177 Å². The van der Waals surface area contributed by atoms with Crippen molar-refractivity contribution < 1.29 is 9.53 Å². The highest BCUT2D eigenvalue weighted by Crippen LogP contribution is 2.36. The van der Waals surface area contributed by atoms with Gasteiger partial charge in [0.1, 0.15) is 5.82 Å². The molecule has 0 aliphatic carbocycles. The van der Waals surface area contributed by atoms with E-state index >= 15 is 0 Å². The summed E-state index contributed by atoms with van der Waals surface area (Å²) in [7, 11) is 0. The number of carbonyl (C=O) groups is 1. The van der Waals surface area contributed by atoms with Crippen LogP contribution in [0.5, 0.6) is 0 Å². The Hall–Kier alpha value is -3.29. The number of nitrogens with two attached hydrogens (primary N) is 1. The standard InChI is InChI=1S/C23H20N4O2S/c24-21(28)16-8-4-7-15-18(16)13-30-20(15)23-26-19-9-10-29-12-17(19)22(27-23)25-11-14-5-2-1-3-6-14/h1-8,13H,9-12H2,(H2,24,28)(H,25,26,27). The van der Waals surface area contributed by atoms with E-state index < -0.39 is 5.91 Å². The second-order valence-electron chi connectivity index (χ2n) is 7.16. The van der Waals surface area contributed by atoms with E-state index in [0.717, 1.165) is 39.1 Å². The number of hydrogen-bond acceptors (Lipinski definition) is 6. The fourth-order valence-corrected chi connectivity index (χ4v) is 4.71. The molecule has 0 saturated carbocycles. The van der Waals surface area contributed by atoms with Crippen LogP contribution in [0.2, 0.25) is 0 Å². The molecule has 0 bridgehead atoms. The Kier molecular flexibility index (Phi) is 4.90. The summed E-state index contributed by atoms with van der Waals surface area (Å²) in [5.41, 5.74) is 9.26. The van der Waals surface area contributed by atoms with Gasteiger partial charge in [0.15, 0.2) is 5.82 Å². The summed E-state index contributed by atoms with van der Waals surface area (Å²) in [6.07, 6.45) is 0.751. The molecule has 2 aromatic carbocycles. The minimum atomic E-state index is -0.432. The zero-order valence-electron chi connectivity index (χ0n) is 16.2. The van der Waals surface area contributed by atoms with E-state index in [1.54, 1.807) is 6.07 Å². The van der Waals surface area contributed by atoms with Crippen molar-refractivity contribution in [2.45, 2.75) is 19.6 Å². The van der Waals surface area contributed by atoms with Gasteiger partial charge in [-0.1, -0.05) is 42.5 Å². The van der Waals surface area contributed by atoms with Crippen LogP contribution in [0.4, 0.5) is 5.82 Å². The largest absolute Gasteiger partial charge is 0.376 e. The Bertz CT molecular complexity index is 1240. The molecule has 0 radical (unpaired) electrons. The van der Waals surface area contributed by atoms with Crippen molar-refractivity contribution in [3.63, 3.8) is 0 Å². The number of anilines is 1. The Morgan fingerprint density at radius 3 is 2.80 bits per heavy atom. The summed E-state index contributed by atoms with van der Waals surface area (Å²) in [5, 5.41) is 7.20. The molecule has 4 aromatic rings. The van der Waals surface area contributed by atoms with Crippen LogP contribution in [0, 0.1) is 0 Å². The molecule has 150 valence electrons. The number of hydrogen-bond donors (Lipinski definition) is 2. The molecule has 3 N–H and O–H groups in total. The van der Waals surface area contributed by atoms with Gasteiger partial charge in [0.05, 0.1) is 23.8 Å². The molecule has 6 nitrogen and oxygen atoms in total. The molecule has 0 unspecified atom stereocenters. The molecule has 7 heteroatoms. The third-order valence-corrected chi connectivity index (χ3v) is 6.23. The number of aromatic nitrogens is 2. The van der Waals surface area contributed by atoms with E-state index in [2.05, 4.69) is 17.4 Å². The van der Waals surface area contributed by atoms with Gasteiger partial charge in [0.25, 0.3) is 0 Å². The van der Waals surface area contributed by atoms with Gasteiger partial charge < -0.3 is 15.8 Å². The molecule has 0 fully saturated rings. The molecule has 1 amide bonds. The summed E-state index contributed by atoms with van der Waals surface area (Å²) >= 11 is 1.53. The predicted molar refractivity (Wildman–Crippen MR) is 118 cm³/mol. The summed E-state index contributed by atoms with van der Waals surface area (Å²) < 4.78 is 5.66. The number of nitrogens with zero attached hydrogens (tertiary/aromatic N) is 2. The molecule has 0 saturated heterocycles. The van der Waals surface area contributed by atoms with Crippen molar-refractivity contribution in [2.24, 2.45) is 5.73 Å². The highest BCUT2D eigenvalue weighted by atomic mass is 32.1. The molecule has 3 heterocycles. The molecule has 0 spiro atoms. The van der Waals surface area contributed by atoms with Gasteiger partial charge in [-0.05, 0) is 11.6 Å². The SMILES string of the molecule is NC(=O)c1cccc2c(-c3nc4c(c(NCc5ccccc5)n3)COCC4)scc12. The maximum atomic E-state index is 11.8. The van der Waals surface area contributed by atoms with Crippen molar-refractivity contribution in [3.05, 3.63) is 76.3 Å². The quantitative estimate of drug-likeness (QED) is 0.510. The first kappa shape index (κ1) is 18.7. The molecule has 5 rings (SSSR count).